The minimum Gasteiger partial charge on any atom is -2.00 e. The average molecular weight is 222 g/mol. The van der Waals surface area contributed by atoms with Crippen molar-refractivity contribution in [2.75, 3.05) is 0 Å². The summed E-state index contributed by atoms with van der Waals surface area (Å²) in [7, 11) is 0. The Kier molecular flexibility index (Phi) is 708. The van der Waals surface area contributed by atoms with E-state index >= 15 is 0 Å². The zero-order valence-corrected chi connectivity index (χ0v) is 7.60. The smallest absolute Gasteiger partial charge is 2.00 e. The second-order valence-corrected chi connectivity index (χ2v) is 0. The zero-order chi connectivity index (χ0) is 0. The van der Waals surface area contributed by atoms with Crippen molar-refractivity contribution in [1.29, 1.82) is 0 Å². The molecule has 0 rings (SSSR count). The van der Waals surface area contributed by atoms with Crippen molar-refractivity contribution in [3.63, 3.8) is 0 Å². The first-order valence-electron chi connectivity index (χ1n) is 0. The van der Waals surface area contributed by atoms with Gasteiger partial charge in [-0.15, -0.1) is 0 Å². The van der Waals surface area contributed by atoms with Crippen molar-refractivity contribution < 1.29 is 77.0 Å². The van der Waals surface area contributed by atoms with Crippen LogP contribution in [0.3, 0.4) is 0 Å². The molecule has 0 aromatic heterocycles. The molecule has 0 aliphatic carbocycles. The van der Waals surface area contributed by atoms with Crippen molar-refractivity contribution in [2.24, 2.45) is 0 Å². The van der Waals surface area contributed by atoms with Gasteiger partial charge >= 0.3 is 78.0 Å². The minimum absolute atomic E-state index is 0. The molecule has 0 aromatic carbocycles. The third-order valence-electron chi connectivity index (χ3n) is 0. The van der Waals surface area contributed by atoms with E-state index in [9.17, 15) is 0 Å². The van der Waals surface area contributed by atoms with Crippen LogP contribution >= 0.6 is 0 Å². The van der Waals surface area contributed by atoms with Crippen LogP contribution in [0.25, 0.3) is 0 Å². The summed E-state index contributed by atoms with van der Waals surface area (Å²) in [4.78, 5) is 0. The van der Waals surface area contributed by atoms with Crippen LogP contribution in [0.1, 0.15) is 0 Å². The van der Waals surface area contributed by atoms with E-state index in [4.69, 9.17) is 0 Å². The Hall–Kier alpha value is 2.39. The maximum absolute atomic E-state index is 0. The summed E-state index contributed by atoms with van der Waals surface area (Å²) in [6, 6.07) is 0. The summed E-state index contributed by atoms with van der Waals surface area (Å²) in [5.41, 5.74) is 0. The van der Waals surface area contributed by atoms with E-state index in [1.165, 1.54) is 0 Å². The maximum Gasteiger partial charge on any atom is 3.00 e. The van der Waals surface area contributed by atoms with Gasteiger partial charge in [-0.3, -0.25) is 0 Å². The molecule has 0 bridgehead atoms. The van der Waals surface area contributed by atoms with E-state index in [1.54, 1.807) is 0 Å². The molecule has 3 nitrogen and oxygen atoms in total. The Balaban J connectivity index is 0. The Morgan fingerprint density at radius 2 is 0.667 bits per heavy atom. The fourth-order valence-electron chi connectivity index (χ4n) is 0. The van der Waals surface area contributed by atoms with Gasteiger partial charge in [0.1, 0.15) is 0 Å². The minimum atomic E-state index is 0. The first kappa shape index (κ1) is 80.3. The Morgan fingerprint density at radius 3 is 0.667 bits per heavy atom. The molecular formula is AlCeLiO3+. The molecule has 0 N–H and O–H groups in total. The topological polar surface area (TPSA) is 85.5 Å². The maximum atomic E-state index is 0. The second kappa shape index (κ2) is 52.9. The average Bonchev–Trinajstić information content (AvgIpc) is 0. The van der Waals surface area contributed by atoms with Crippen molar-refractivity contribution in [3.05, 3.63) is 0 Å². The SMILES string of the molecule is [Al+3].[Ce+3].[Li+].[O-2].[O-2].[O-2]. The Labute approximate surface area is 92.9 Å². The summed E-state index contributed by atoms with van der Waals surface area (Å²) in [6.07, 6.45) is 0. The molecule has 0 aromatic rings. The van der Waals surface area contributed by atoms with Gasteiger partial charge in [0, 0.05) is 0 Å². The molecular weight excluding hydrogens is 222 g/mol. The monoisotopic (exact) mass is 222 g/mol. The quantitative estimate of drug-likeness (QED) is 0.377. The van der Waals surface area contributed by atoms with Crippen LogP contribution in [0.4, 0.5) is 0 Å². The molecule has 6 heteroatoms. The molecule has 0 saturated heterocycles. The van der Waals surface area contributed by atoms with E-state index in [-0.39, 0.29) is 94.4 Å². The molecule has 0 aliphatic rings. The van der Waals surface area contributed by atoms with Gasteiger partial charge in [-0.05, 0) is 0 Å². The van der Waals surface area contributed by atoms with Crippen molar-refractivity contribution >= 4 is 17.4 Å². The van der Waals surface area contributed by atoms with Gasteiger partial charge in [0.2, 0.25) is 0 Å². The third kappa shape index (κ3) is 32.5. The number of hydrogen-bond donors (Lipinski definition) is 0. The van der Waals surface area contributed by atoms with Crippen LogP contribution < -0.4 is 18.9 Å². The summed E-state index contributed by atoms with van der Waals surface area (Å²) in [6.45, 7) is 0. The first-order chi connectivity index (χ1) is 0. The Morgan fingerprint density at radius 1 is 0.667 bits per heavy atom. The van der Waals surface area contributed by atoms with Gasteiger partial charge in [-0.1, -0.05) is 0 Å². The van der Waals surface area contributed by atoms with Crippen LogP contribution in [0.15, 0.2) is 0 Å². The summed E-state index contributed by atoms with van der Waals surface area (Å²) in [5.74, 6) is 0. The molecule has 0 heterocycles. The largest absolute Gasteiger partial charge is 3.00 e. The molecule has 1 radical (unpaired) electrons. The van der Waals surface area contributed by atoms with Crippen LogP contribution in [-0.2, 0) is 16.4 Å². The van der Waals surface area contributed by atoms with Crippen LogP contribution in [0, 0.1) is 41.7 Å². The van der Waals surface area contributed by atoms with Crippen molar-refractivity contribution in [1.82, 2.24) is 0 Å². The van der Waals surface area contributed by atoms with Gasteiger partial charge in [-0.25, -0.2) is 0 Å². The predicted molar refractivity (Wildman–Crippen MR) is 7.81 cm³/mol. The molecule has 6 heavy (non-hydrogen) atoms. The second-order valence-electron chi connectivity index (χ2n) is 0. The van der Waals surface area contributed by atoms with Crippen LogP contribution in [0.5, 0.6) is 0 Å². The van der Waals surface area contributed by atoms with Gasteiger partial charge in [0.25, 0.3) is 0 Å². The summed E-state index contributed by atoms with van der Waals surface area (Å²) < 4.78 is 0. The molecule has 0 unspecified atom stereocenters. The standard InChI is InChI=1S/Al.Ce.Li.3O/q2*+3;+1;3*-2. The predicted octanol–water partition coefficient (Wildman–Crippen LogP) is -3.73. The summed E-state index contributed by atoms with van der Waals surface area (Å²) in [5, 5.41) is 0. The normalized spacial score (nSPS) is 0. The van der Waals surface area contributed by atoms with E-state index in [2.05, 4.69) is 0 Å². The van der Waals surface area contributed by atoms with Gasteiger partial charge < -0.3 is 16.4 Å². The first-order valence-corrected chi connectivity index (χ1v) is 0. The molecule has 25 valence electrons. The fourth-order valence-corrected chi connectivity index (χ4v) is 0. The number of rotatable bonds is 0. The van der Waals surface area contributed by atoms with Gasteiger partial charge in [-0.2, -0.15) is 0 Å². The molecule has 0 aliphatic heterocycles. The van der Waals surface area contributed by atoms with E-state index < -0.39 is 0 Å². The molecule has 0 spiro atoms. The fraction of sp³-hybridized carbons (Fsp3) is 0. The summed E-state index contributed by atoms with van der Waals surface area (Å²) >= 11 is 0. The van der Waals surface area contributed by atoms with Crippen LogP contribution in [0.2, 0.25) is 0 Å². The van der Waals surface area contributed by atoms with Gasteiger partial charge in [0.05, 0.1) is 0 Å². The van der Waals surface area contributed by atoms with E-state index in [1.807, 2.05) is 0 Å². The van der Waals surface area contributed by atoms with E-state index in [0.29, 0.717) is 0 Å². The van der Waals surface area contributed by atoms with Crippen molar-refractivity contribution in [2.45, 2.75) is 0 Å². The molecule has 0 saturated carbocycles. The van der Waals surface area contributed by atoms with E-state index in [0.717, 1.165) is 0 Å². The third-order valence-corrected chi connectivity index (χ3v) is 0. The Bertz CT molecular complexity index is 10.8. The molecule has 0 fully saturated rings. The number of hydrogen-bond acceptors (Lipinski definition) is 0. The van der Waals surface area contributed by atoms with Gasteiger partial charge in [0.15, 0.2) is 0 Å². The van der Waals surface area contributed by atoms with Crippen LogP contribution in [-0.4, -0.2) is 17.4 Å². The zero-order valence-electron chi connectivity index (χ0n) is 3.30. The molecule has 0 atom stereocenters. The molecule has 0 amide bonds. The van der Waals surface area contributed by atoms with Crippen molar-refractivity contribution in [3.8, 4) is 0 Å².